The first-order valence-electron chi connectivity index (χ1n) is 10.9. The Morgan fingerprint density at radius 1 is 1.03 bits per heavy atom. The smallest absolute Gasteiger partial charge is 0.251 e. The van der Waals surface area contributed by atoms with Crippen molar-refractivity contribution in [2.75, 3.05) is 29.9 Å². The highest BCUT2D eigenvalue weighted by molar-refractivity contribution is 5.99. The molecule has 2 amide bonds. The first-order chi connectivity index (χ1) is 15.5. The van der Waals surface area contributed by atoms with E-state index in [1.165, 1.54) is 0 Å². The highest BCUT2D eigenvalue weighted by atomic mass is 16.5. The summed E-state index contributed by atoms with van der Waals surface area (Å²) in [7, 11) is 0. The molecule has 3 aromatic rings. The molecular formula is C25H28N4O3. The van der Waals surface area contributed by atoms with E-state index in [2.05, 4.69) is 34.4 Å². The van der Waals surface area contributed by atoms with E-state index in [0.29, 0.717) is 11.3 Å². The second-order valence-corrected chi connectivity index (χ2v) is 8.18. The maximum Gasteiger partial charge on any atom is 0.251 e. The van der Waals surface area contributed by atoms with Crippen LogP contribution in [0.3, 0.4) is 0 Å². The van der Waals surface area contributed by atoms with Gasteiger partial charge in [-0.2, -0.15) is 0 Å². The molecule has 0 radical (unpaired) electrons. The second-order valence-electron chi connectivity index (χ2n) is 8.18. The van der Waals surface area contributed by atoms with Crippen molar-refractivity contribution in [3.8, 4) is 0 Å². The first kappa shape index (κ1) is 21.8. The summed E-state index contributed by atoms with van der Waals surface area (Å²) in [5.74, 6) is 0.503. The molecule has 0 saturated carbocycles. The Morgan fingerprint density at radius 2 is 1.78 bits per heavy atom. The number of ether oxygens (including phenoxy) is 1. The minimum absolute atomic E-state index is 0.157. The van der Waals surface area contributed by atoms with Gasteiger partial charge >= 0.3 is 0 Å². The minimum atomic E-state index is -0.191. The number of pyridine rings is 1. The van der Waals surface area contributed by atoms with Crippen molar-refractivity contribution in [1.82, 2.24) is 10.3 Å². The number of benzene rings is 2. The molecule has 32 heavy (non-hydrogen) atoms. The van der Waals surface area contributed by atoms with E-state index in [4.69, 9.17) is 4.74 Å². The maximum atomic E-state index is 12.4. The van der Waals surface area contributed by atoms with Crippen LogP contribution in [0.2, 0.25) is 0 Å². The highest BCUT2D eigenvalue weighted by Crippen LogP contribution is 2.20. The second kappa shape index (κ2) is 9.78. The zero-order valence-corrected chi connectivity index (χ0v) is 18.4. The number of amides is 2. The summed E-state index contributed by atoms with van der Waals surface area (Å²) in [6.07, 6.45) is 2.15. The van der Waals surface area contributed by atoms with Crippen molar-refractivity contribution in [3.63, 3.8) is 0 Å². The Hall–Kier alpha value is -3.45. The quantitative estimate of drug-likeness (QED) is 0.622. The summed E-state index contributed by atoms with van der Waals surface area (Å²) in [5, 5.41) is 7.73. The number of hydrogen-bond donors (Lipinski definition) is 2. The molecule has 1 saturated heterocycles. The van der Waals surface area contributed by atoms with Crippen LogP contribution >= 0.6 is 0 Å². The molecule has 2 heterocycles. The number of aromatic nitrogens is 1. The van der Waals surface area contributed by atoms with Gasteiger partial charge in [0.15, 0.2) is 0 Å². The summed E-state index contributed by atoms with van der Waals surface area (Å²) in [4.78, 5) is 31.3. The molecule has 0 aliphatic carbocycles. The van der Waals surface area contributed by atoms with Crippen LogP contribution in [0.5, 0.6) is 0 Å². The predicted molar refractivity (Wildman–Crippen MR) is 126 cm³/mol. The van der Waals surface area contributed by atoms with Gasteiger partial charge in [0, 0.05) is 31.6 Å². The Balaban J connectivity index is 1.25. The van der Waals surface area contributed by atoms with E-state index in [1.807, 2.05) is 48.5 Å². The van der Waals surface area contributed by atoms with Crippen LogP contribution in [0, 0.1) is 0 Å². The molecule has 1 aromatic heterocycles. The maximum absolute atomic E-state index is 12.4. The van der Waals surface area contributed by atoms with Crippen molar-refractivity contribution < 1.29 is 14.3 Å². The van der Waals surface area contributed by atoms with Gasteiger partial charge in [-0.05, 0) is 48.9 Å². The number of hydrogen-bond acceptors (Lipinski definition) is 5. The molecule has 2 aromatic carbocycles. The van der Waals surface area contributed by atoms with Crippen LogP contribution < -0.4 is 15.5 Å². The van der Waals surface area contributed by atoms with Crippen molar-refractivity contribution in [1.29, 1.82) is 0 Å². The Bertz CT molecular complexity index is 1090. The van der Waals surface area contributed by atoms with E-state index in [0.717, 1.165) is 29.7 Å². The standard InChI is InChI=1S/C25H28N4O3/c1-17-15-29(16-18(2)32-17)23-10-9-22(14-27-23)28-24(30)11-12-26-25(31)21-8-7-19-5-3-4-6-20(19)13-21/h3-10,13-14,17-18H,11-12,15-16H2,1-2H3,(H,26,31)(H,28,30). The molecule has 0 bridgehead atoms. The fourth-order valence-electron chi connectivity index (χ4n) is 3.96. The van der Waals surface area contributed by atoms with Crippen LogP contribution in [-0.4, -0.2) is 48.6 Å². The molecule has 0 spiro atoms. The van der Waals surface area contributed by atoms with Crippen LogP contribution in [0.25, 0.3) is 10.8 Å². The van der Waals surface area contributed by atoms with Gasteiger partial charge in [0.05, 0.1) is 24.1 Å². The highest BCUT2D eigenvalue weighted by Gasteiger charge is 2.23. The molecule has 7 heteroatoms. The van der Waals surface area contributed by atoms with Crippen molar-refractivity contribution in [2.24, 2.45) is 0 Å². The third-order valence-corrected chi connectivity index (χ3v) is 5.42. The van der Waals surface area contributed by atoms with E-state index in [-0.39, 0.29) is 37.0 Å². The van der Waals surface area contributed by atoms with Crippen molar-refractivity contribution in [3.05, 3.63) is 66.4 Å². The fraction of sp³-hybridized carbons (Fsp3) is 0.320. The molecule has 1 aliphatic rings. The Kier molecular flexibility index (Phi) is 6.66. The lowest BCUT2D eigenvalue weighted by atomic mass is 10.1. The van der Waals surface area contributed by atoms with Gasteiger partial charge in [-0.3, -0.25) is 9.59 Å². The SMILES string of the molecule is CC1CN(c2ccc(NC(=O)CCNC(=O)c3ccc4ccccc4c3)cn2)CC(C)O1. The zero-order valence-electron chi connectivity index (χ0n) is 18.4. The molecule has 1 fully saturated rings. The predicted octanol–water partition coefficient (Wildman–Crippen LogP) is 3.61. The lowest BCUT2D eigenvalue weighted by Crippen LogP contribution is -2.45. The summed E-state index contributed by atoms with van der Waals surface area (Å²) >= 11 is 0. The normalized spacial score (nSPS) is 18.4. The monoisotopic (exact) mass is 432 g/mol. The molecule has 1 aliphatic heterocycles. The summed E-state index contributed by atoms with van der Waals surface area (Å²) < 4.78 is 5.76. The first-order valence-corrected chi connectivity index (χ1v) is 10.9. The third-order valence-electron chi connectivity index (χ3n) is 5.42. The lowest BCUT2D eigenvalue weighted by molar-refractivity contribution is -0.116. The average Bonchev–Trinajstić information content (AvgIpc) is 2.78. The molecule has 4 rings (SSSR count). The number of nitrogens with zero attached hydrogens (tertiary/aromatic N) is 2. The van der Waals surface area contributed by atoms with Gasteiger partial charge in [0.2, 0.25) is 5.91 Å². The van der Waals surface area contributed by atoms with E-state index < -0.39 is 0 Å². The largest absolute Gasteiger partial charge is 0.372 e. The van der Waals surface area contributed by atoms with Gasteiger partial charge in [0.25, 0.3) is 5.91 Å². The van der Waals surface area contributed by atoms with E-state index in [9.17, 15) is 9.59 Å². The van der Waals surface area contributed by atoms with Crippen molar-refractivity contribution >= 4 is 34.1 Å². The number of nitrogens with one attached hydrogen (secondary N) is 2. The molecule has 7 nitrogen and oxygen atoms in total. The minimum Gasteiger partial charge on any atom is -0.372 e. The Labute approximate surface area is 187 Å². The van der Waals surface area contributed by atoms with Crippen LogP contribution in [0.1, 0.15) is 30.6 Å². The summed E-state index contributed by atoms with van der Waals surface area (Å²) in [5.41, 5.74) is 1.21. The molecule has 166 valence electrons. The number of carbonyl (C=O) groups excluding carboxylic acids is 2. The number of anilines is 2. The van der Waals surface area contributed by atoms with Gasteiger partial charge in [-0.1, -0.05) is 30.3 Å². The lowest BCUT2D eigenvalue weighted by Gasteiger charge is -2.36. The third kappa shape index (κ3) is 5.42. The molecule has 2 unspecified atom stereocenters. The van der Waals surface area contributed by atoms with Crippen molar-refractivity contribution in [2.45, 2.75) is 32.5 Å². The molecular weight excluding hydrogens is 404 g/mol. The fourth-order valence-corrected chi connectivity index (χ4v) is 3.96. The van der Waals surface area contributed by atoms with Crippen LogP contribution in [0.4, 0.5) is 11.5 Å². The zero-order chi connectivity index (χ0) is 22.5. The van der Waals surface area contributed by atoms with Gasteiger partial charge in [-0.15, -0.1) is 0 Å². The topological polar surface area (TPSA) is 83.6 Å². The van der Waals surface area contributed by atoms with Crippen LogP contribution in [-0.2, 0) is 9.53 Å². The van der Waals surface area contributed by atoms with Crippen LogP contribution in [0.15, 0.2) is 60.8 Å². The number of morpholine rings is 1. The number of fused-ring (bicyclic) bond motifs is 1. The summed E-state index contributed by atoms with van der Waals surface area (Å²) in [6, 6.07) is 17.2. The van der Waals surface area contributed by atoms with E-state index >= 15 is 0 Å². The average molecular weight is 433 g/mol. The Morgan fingerprint density at radius 3 is 2.50 bits per heavy atom. The molecule has 2 N–H and O–H groups in total. The summed E-state index contributed by atoms with van der Waals surface area (Å²) in [6.45, 7) is 5.94. The number of carbonyl (C=O) groups is 2. The number of rotatable bonds is 6. The van der Waals surface area contributed by atoms with E-state index in [1.54, 1.807) is 12.3 Å². The van der Waals surface area contributed by atoms with Gasteiger partial charge in [-0.25, -0.2) is 4.98 Å². The van der Waals surface area contributed by atoms with Gasteiger partial charge in [0.1, 0.15) is 5.82 Å². The van der Waals surface area contributed by atoms with Gasteiger partial charge < -0.3 is 20.3 Å². The molecule has 2 atom stereocenters.